The van der Waals surface area contributed by atoms with Crippen LogP contribution in [0.5, 0.6) is 11.9 Å². The van der Waals surface area contributed by atoms with E-state index in [-0.39, 0.29) is 59.5 Å². The van der Waals surface area contributed by atoms with Gasteiger partial charge >= 0.3 is 0 Å². The van der Waals surface area contributed by atoms with Gasteiger partial charge in [-0.25, -0.2) is 8.78 Å². The highest BCUT2D eigenvalue weighted by molar-refractivity contribution is 6.32. The van der Waals surface area contributed by atoms with Crippen molar-refractivity contribution in [1.29, 1.82) is 0 Å². The number of halogens is 3. The summed E-state index contributed by atoms with van der Waals surface area (Å²) in [5.74, 6) is -2.65. The molecule has 1 unspecified atom stereocenters. The maximum absolute atomic E-state index is 14.8. The summed E-state index contributed by atoms with van der Waals surface area (Å²) in [6.07, 6.45) is 0.526. The summed E-state index contributed by atoms with van der Waals surface area (Å²) in [5, 5.41) is 19.6. The number of hydrogen-bond acceptors (Lipinski definition) is 8. The van der Waals surface area contributed by atoms with E-state index < -0.39 is 41.4 Å². The topological polar surface area (TPSA) is 130 Å². The van der Waals surface area contributed by atoms with Crippen molar-refractivity contribution in [2.24, 2.45) is 5.92 Å². The van der Waals surface area contributed by atoms with E-state index in [1.54, 1.807) is 13.8 Å². The molecule has 2 aliphatic rings. The average Bonchev–Trinajstić information content (AvgIpc) is 3.59. The van der Waals surface area contributed by atoms with Crippen LogP contribution in [0, 0.1) is 17.6 Å². The lowest BCUT2D eigenvalue weighted by molar-refractivity contribution is 0.0135. The third-order valence-electron chi connectivity index (χ3n) is 7.50. The first-order valence-corrected chi connectivity index (χ1v) is 12.9. The van der Waals surface area contributed by atoms with Gasteiger partial charge in [-0.1, -0.05) is 11.6 Å². The number of aromatic amines is 1. The molecule has 13 heteroatoms. The van der Waals surface area contributed by atoms with E-state index in [1.807, 2.05) is 0 Å². The fourth-order valence-electron chi connectivity index (χ4n) is 4.82. The summed E-state index contributed by atoms with van der Waals surface area (Å²) in [6, 6.07) is 3.56. The predicted octanol–water partition coefficient (Wildman–Crippen LogP) is 3.23. The number of benzene rings is 1. The largest absolute Gasteiger partial charge is 0.471 e. The van der Waals surface area contributed by atoms with E-state index in [4.69, 9.17) is 25.8 Å². The molecular formula is C26H29ClF2N4O6. The van der Waals surface area contributed by atoms with Crippen LogP contribution in [-0.4, -0.2) is 80.1 Å². The maximum atomic E-state index is 14.8. The fourth-order valence-corrected chi connectivity index (χ4v) is 5.03. The second-order valence-electron chi connectivity index (χ2n) is 10.5. The molecule has 2 fully saturated rings. The van der Waals surface area contributed by atoms with Gasteiger partial charge in [-0.3, -0.25) is 4.79 Å². The molecule has 4 atom stereocenters. The van der Waals surface area contributed by atoms with Crippen molar-refractivity contribution in [2.75, 3.05) is 20.3 Å². The van der Waals surface area contributed by atoms with Gasteiger partial charge in [0.05, 0.1) is 42.0 Å². The van der Waals surface area contributed by atoms with Gasteiger partial charge in [-0.15, -0.1) is 0 Å². The van der Waals surface area contributed by atoms with Gasteiger partial charge in [0.15, 0.2) is 5.65 Å². The van der Waals surface area contributed by atoms with Crippen molar-refractivity contribution in [2.45, 2.75) is 57.1 Å². The van der Waals surface area contributed by atoms with Crippen LogP contribution in [0.3, 0.4) is 0 Å². The van der Waals surface area contributed by atoms with Gasteiger partial charge in [0, 0.05) is 18.5 Å². The summed E-state index contributed by atoms with van der Waals surface area (Å²) in [7, 11) is 1.44. The standard InChI is InChI=1S/C26H29ClF2N4O6/c1-26(2,11-34)33(3)24(36)12-6-16(28)14(17(29)7-12)9-38-23-15(27)8-18-22(31-23)32-25(30-18)39-20-5-4-13-19(35)10-37-21(13)20/h6-8,13,19-21,34-35H,4-5,9-11H2,1-3H3,(H,30,31,32)/t13?,19-,20-,21+/m1/s1. The number of aromatic nitrogens is 3. The summed E-state index contributed by atoms with van der Waals surface area (Å²) in [4.78, 5) is 25.5. The Kier molecular flexibility index (Phi) is 7.40. The Morgan fingerprint density at radius 1 is 1.26 bits per heavy atom. The number of H-pyrrole nitrogens is 1. The molecule has 5 rings (SSSR count). The number of amides is 1. The van der Waals surface area contributed by atoms with Crippen LogP contribution in [0.1, 0.15) is 42.6 Å². The van der Waals surface area contributed by atoms with Gasteiger partial charge in [-0.2, -0.15) is 9.97 Å². The van der Waals surface area contributed by atoms with Gasteiger partial charge in [0.1, 0.15) is 29.4 Å². The predicted molar refractivity (Wildman–Crippen MR) is 136 cm³/mol. The zero-order valence-corrected chi connectivity index (χ0v) is 22.3. The van der Waals surface area contributed by atoms with Crippen LogP contribution in [0.15, 0.2) is 18.2 Å². The van der Waals surface area contributed by atoms with E-state index in [2.05, 4.69) is 15.0 Å². The Morgan fingerprint density at radius 3 is 2.67 bits per heavy atom. The molecule has 0 bridgehead atoms. The lowest BCUT2D eigenvalue weighted by Gasteiger charge is -2.34. The highest BCUT2D eigenvalue weighted by Gasteiger charge is 2.47. The molecular weight excluding hydrogens is 538 g/mol. The molecule has 3 N–H and O–H groups in total. The minimum atomic E-state index is -0.977. The first kappa shape index (κ1) is 27.5. The number of pyridine rings is 1. The third-order valence-corrected chi connectivity index (χ3v) is 7.77. The molecule has 1 aliphatic heterocycles. The SMILES string of the molecule is CN(C(=O)c1cc(F)c(COc2nc3nc(O[C@@H]4CCC5[C@H](O)CO[C@@H]54)[nH]c3cc2Cl)c(F)c1)C(C)(C)CO. The van der Waals surface area contributed by atoms with Crippen molar-refractivity contribution in [1.82, 2.24) is 19.9 Å². The molecule has 1 aromatic carbocycles. The van der Waals surface area contributed by atoms with Crippen molar-refractivity contribution in [3.8, 4) is 11.9 Å². The number of ether oxygens (including phenoxy) is 3. The second kappa shape index (κ2) is 10.5. The zero-order chi connectivity index (χ0) is 28.1. The quantitative estimate of drug-likeness (QED) is 0.379. The molecule has 210 valence electrons. The number of aliphatic hydroxyl groups is 2. The number of nitrogens with one attached hydrogen (secondary N) is 1. The normalized spacial score (nSPS) is 22.8. The molecule has 2 aromatic heterocycles. The number of rotatable bonds is 8. The third kappa shape index (κ3) is 5.25. The number of hydrogen-bond donors (Lipinski definition) is 3. The number of nitrogens with zero attached hydrogens (tertiary/aromatic N) is 3. The van der Waals surface area contributed by atoms with Gasteiger partial charge < -0.3 is 34.3 Å². The van der Waals surface area contributed by atoms with Crippen molar-refractivity contribution in [3.05, 3.63) is 46.0 Å². The smallest absolute Gasteiger partial charge is 0.296 e. The molecule has 0 radical (unpaired) electrons. The van der Waals surface area contributed by atoms with Gasteiger partial charge in [0.25, 0.3) is 11.9 Å². The molecule has 39 heavy (non-hydrogen) atoms. The van der Waals surface area contributed by atoms with Crippen molar-refractivity contribution in [3.63, 3.8) is 0 Å². The molecule has 0 spiro atoms. The Bertz CT molecular complexity index is 1380. The maximum Gasteiger partial charge on any atom is 0.296 e. The average molecular weight is 567 g/mol. The Hall–Kier alpha value is -3.06. The van der Waals surface area contributed by atoms with E-state index in [1.165, 1.54) is 18.0 Å². The molecule has 1 amide bonds. The van der Waals surface area contributed by atoms with Crippen LogP contribution >= 0.6 is 11.6 Å². The minimum absolute atomic E-state index is 0.0354. The lowest BCUT2D eigenvalue weighted by Crippen LogP contribution is -2.47. The van der Waals surface area contributed by atoms with Crippen LogP contribution < -0.4 is 9.47 Å². The second-order valence-corrected chi connectivity index (χ2v) is 10.9. The summed E-state index contributed by atoms with van der Waals surface area (Å²) in [5.41, 5.74) is -0.835. The Labute approximate surface area is 227 Å². The van der Waals surface area contributed by atoms with Crippen LogP contribution in [0.4, 0.5) is 8.78 Å². The number of carbonyl (C=O) groups is 1. The van der Waals surface area contributed by atoms with E-state index in [0.29, 0.717) is 11.9 Å². The Morgan fingerprint density at radius 2 is 1.97 bits per heavy atom. The van der Waals surface area contributed by atoms with Gasteiger partial charge in [-0.05, 0) is 44.9 Å². The molecule has 10 nitrogen and oxygen atoms in total. The minimum Gasteiger partial charge on any atom is -0.471 e. The van der Waals surface area contributed by atoms with Crippen molar-refractivity contribution < 1.29 is 38.0 Å². The lowest BCUT2D eigenvalue weighted by atomic mass is 10.0. The Balaban J connectivity index is 1.29. The number of imidazole rings is 1. The summed E-state index contributed by atoms with van der Waals surface area (Å²) < 4.78 is 46.8. The summed E-state index contributed by atoms with van der Waals surface area (Å²) in [6.45, 7) is 2.67. The van der Waals surface area contributed by atoms with Crippen LogP contribution in [-0.2, 0) is 11.3 Å². The molecule has 3 aromatic rings. The molecule has 1 saturated carbocycles. The van der Waals surface area contributed by atoms with Crippen molar-refractivity contribution >= 4 is 28.7 Å². The molecule has 3 heterocycles. The van der Waals surface area contributed by atoms with Crippen LogP contribution in [0.25, 0.3) is 11.2 Å². The highest BCUT2D eigenvalue weighted by atomic mass is 35.5. The number of likely N-dealkylation sites (N-methyl/N-ethyl adjacent to an activating group) is 1. The first-order valence-electron chi connectivity index (χ1n) is 12.5. The summed E-state index contributed by atoms with van der Waals surface area (Å²) >= 11 is 6.29. The first-order chi connectivity index (χ1) is 18.5. The number of aliphatic hydroxyl groups excluding tert-OH is 2. The monoisotopic (exact) mass is 566 g/mol. The molecule has 1 saturated heterocycles. The van der Waals surface area contributed by atoms with E-state index >= 15 is 0 Å². The van der Waals surface area contributed by atoms with E-state index in [9.17, 15) is 23.8 Å². The zero-order valence-electron chi connectivity index (χ0n) is 21.6. The van der Waals surface area contributed by atoms with Crippen LogP contribution in [0.2, 0.25) is 5.02 Å². The molecule has 1 aliphatic carbocycles. The van der Waals surface area contributed by atoms with E-state index in [0.717, 1.165) is 18.6 Å². The highest BCUT2D eigenvalue weighted by Crippen LogP contribution is 2.38. The number of fused-ring (bicyclic) bond motifs is 2. The number of carbonyl (C=O) groups excluding carboxylic acids is 1. The fraction of sp³-hybridized carbons (Fsp3) is 0.500. The van der Waals surface area contributed by atoms with Gasteiger partial charge in [0.2, 0.25) is 5.88 Å².